The lowest BCUT2D eigenvalue weighted by Gasteiger charge is -2.21. The summed E-state index contributed by atoms with van der Waals surface area (Å²) in [6.07, 6.45) is 0. The van der Waals surface area contributed by atoms with Crippen molar-refractivity contribution in [3.05, 3.63) is 102 Å². The van der Waals surface area contributed by atoms with Gasteiger partial charge in [-0.25, -0.2) is 9.97 Å². The highest BCUT2D eigenvalue weighted by molar-refractivity contribution is 7.14. The van der Waals surface area contributed by atoms with Crippen LogP contribution in [0.2, 0.25) is 0 Å². The number of fused-ring (bicyclic) bond motifs is 1. The van der Waals surface area contributed by atoms with E-state index in [1.165, 1.54) is 11.3 Å². The van der Waals surface area contributed by atoms with E-state index >= 15 is 0 Å². The van der Waals surface area contributed by atoms with Crippen molar-refractivity contribution < 1.29 is 9.53 Å². The van der Waals surface area contributed by atoms with E-state index in [1.54, 1.807) is 4.90 Å². The Hall–Kier alpha value is -3.97. The summed E-state index contributed by atoms with van der Waals surface area (Å²) in [5, 5.41) is 2.60. The van der Waals surface area contributed by atoms with Crippen LogP contribution in [0.3, 0.4) is 0 Å². The van der Waals surface area contributed by atoms with Crippen LogP contribution in [0.25, 0.3) is 11.0 Å². The number of para-hydroxylation sites is 4. The smallest absolute Gasteiger partial charge is 0.253 e. The molecule has 2 heterocycles. The van der Waals surface area contributed by atoms with Gasteiger partial charge in [0.2, 0.25) is 0 Å². The van der Waals surface area contributed by atoms with E-state index in [4.69, 9.17) is 9.72 Å². The molecule has 0 aliphatic carbocycles. The van der Waals surface area contributed by atoms with E-state index in [1.807, 2.05) is 102 Å². The summed E-state index contributed by atoms with van der Waals surface area (Å²) < 4.78 is 7.89. The van der Waals surface area contributed by atoms with E-state index < -0.39 is 0 Å². The lowest BCUT2D eigenvalue weighted by atomic mass is 10.3. The summed E-state index contributed by atoms with van der Waals surface area (Å²) in [7, 11) is 0. The third-order valence-corrected chi connectivity index (χ3v) is 6.14. The van der Waals surface area contributed by atoms with E-state index in [0.29, 0.717) is 11.0 Å². The van der Waals surface area contributed by atoms with E-state index in [-0.39, 0.29) is 19.1 Å². The third-order valence-electron chi connectivity index (χ3n) is 5.20. The highest BCUT2D eigenvalue weighted by Crippen LogP contribution is 2.29. The molecule has 3 aromatic carbocycles. The highest BCUT2D eigenvalue weighted by atomic mass is 32.1. The van der Waals surface area contributed by atoms with Gasteiger partial charge in [-0.3, -0.25) is 9.69 Å². The van der Waals surface area contributed by atoms with Crippen LogP contribution in [-0.4, -0.2) is 20.4 Å². The van der Waals surface area contributed by atoms with Gasteiger partial charge in [0, 0.05) is 5.38 Å². The van der Waals surface area contributed by atoms with Crippen LogP contribution in [0.1, 0.15) is 11.5 Å². The van der Waals surface area contributed by atoms with E-state index in [0.717, 1.165) is 28.2 Å². The number of benzene rings is 3. The van der Waals surface area contributed by atoms with Gasteiger partial charge >= 0.3 is 0 Å². The zero-order chi connectivity index (χ0) is 22.6. The molecule has 33 heavy (non-hydrogen) atoms. The SMILES string of the molecule is Cc1csc(N(C(=O)Cn2c(COc3ccccc3)nc3ccccc32)c2ccccc2)n1. The van der Waals surface area contributed by atoms with Gasteiger partial charge < -0.3 is 9.30 Å². The van der Waals surface area contributed by atoms with Gasteiger partial charge in [0.05, 0.1) is 22.4 Å². The van der Waals surface area contributed by atoms with Crippen LogP contribution in [0.5, 0.6) is 5.75 Å². The molecular weight excluding hydrogens is 432 g/mol. The van der Waals surface area contributed by atoms with Crippen molar-refractivity contribution in [3.63, 3.8) is 0 Å². The number of aryl methyl sites for hydroxylation is 1. The fourth-order valence-electron chi connectivity index (χ4n) is 3.67. The largest absolute Gasteiger partial charge is 0.486 e. The number of nitrogens with zero attached hydrogens (tertiary/aromatic N) is 4. The van der Waals surface area contributed by atoms with Crippen molar-refractivity contribution in [1.82, 2.24) is 14.5 Å². The van der Waals surface area contributed by atoms with Crippen molar-refractivity contribution in [1.29, 1.82) is 0 Å². The monoisotopic (exact) mass is 454 g/mol. The van der Waals surface area contributed by atoms with Gasteiger partial charge in [0.25, 0.3) is 5.91 Å². The number of carbonyl (C=O) groups is 1. The van der Waals surface area contributed by atoms with Crippen molar-refractivity contribution in [2.24, 2.45) is 0 Å². The first-order valence-corrected chi connectivity index (χ1v) is 11.5. The number of hydrogen-bond acceptors (Lipinski definition) is 5. The molecule has 0 unspecified atom stereocenters. The summed E-state index contributed by atoms with van der Waals surface area (Å²) in [5.41, 5.74) is 3.38. The quantitative estimate of drug-likeness (QED) is 0.314. The van der Waals surface area contributed by atoms with Crippen LogP contribution < -0.4 is 9.64 Å². The number of ether oxygens (including phenoxy) is 1. The molecule has 7 heteroatoms. The van der Waals surface area contributed by atoms with Crippen molar-refractivity contribution >= 4 is 39.1 Å². The predicted octanol–water partition coefficient (Wildman–Crippen LogP) is 5.75. The lowest BCUT2D eigenvalue weighted by Crippen LogP contribution is -2.30. The third kappa shape index (κ3) is 4.49. The molecule has 0 N–H and O–H groups in total. The number of rotatable bonds is 7. The molecule has 0 radical (unpaired) electrons. The minimum absolute atomic E-state index is 0.0975. The molecule has 0 saturated carbocycles. The molecule has 164 valence electrons. The zero-order valence-corrected chi connectivity index (χ0v) is 18.9. The highest BCUT2D eigenvalue weighted by Gasteiger charge is 2.23. The Balaban J connectivity index is 1.49. The number of thiazole rings is 1. The molecule has 5 rings (SSSR count). The number of hydrogen-bond donors (Lipinski definition) is 0. The van der Waals surface area contributed by atoms with Crippen molar-refractivity contribution in [2.45, 2.75) is 20.1 Å². The summed E-state index contributed by atoms with van der Waals surface area (Å²) in [6.45, 7) is 2.30. The van der Waals surface area contributed by atoms with Gasteiger partial charge in [-0.05, 0) is 43.3 Å². The minimum Gasteiger partial charge on any atom is -0.486 e. The Morgan fingerprint density at radius 2 is 1.64 bits per heavy atom. The van der Waals surface area contributed by atoms with Gasteiger partial charge in [0.1, 0.15) is 24.7 Å². The second kappa shape index (κ2) is 9.26. The van der Waals surface area contributed by atoms with Gasteiger partial charge in [-0.1, -0.05) is 48.5 Å². The first-order valence-electron chi connectivity index (χ1n) is 10.6. The van der Waals surface area contributed by atoms with E-state index in [2.05, 4.69) is 4.98 Å². The van der Waals surface area contributed by atoms with Crippen LogP contribution in [-0.2, 0) is 17.9 Å². The molecule has 6 nitrogen and oxygen atoms in total. The maximum Gasteiger partial charge on any atom is 0.253 e. The second-order valence-electron chi connectivity index (χ2n) is 7.54. The maximum absolute atomic E-state index is 13.7. The average Bonchev–Trinajstić information content (AvgIpc) is 3.43. The number of carbonyl (C=O) groups excluding carboxylic acids is 1. The standard InChI is InChI=1S/C26H22N4O2S/c1-19-18-33-26(27-19)30(20-10-4-2-5-11-20)25(31)16-29-23-15-9-8-14-22(23)28-24(29)17-32-21-12-6-3-7-13-21/h2-15,18H,16-17H2,1H3. The molecule has 0 spiro atoms. The molecule has 0 aliphatic rings. The number of aromatic nitrogens is 3. The lowest BCUT2D eigenvalue weighted by molar-refractivity contribution is -0.118. The fraction of sp³-hybridized carbons (Fsp3) is 0.115. The number of amides is 1. The van der Waals surface area contributed by atoms with Gasteiger partial charge in [-0.2, -0.15) is 0 Å². The topological polar surface area (TPSA) is 60.2 Å². The average molecular weight is 455 g/mol. The van der Waals surface area contributed by atoms with Crippen LogP contribution in [0, 0.1) is 6.92 Å². The molecule has 2 aromatic heterocycles. The Kier molecular flexibility index (Phi) is 5.87. The van der Waals surface area contributed by atoms with Crippen LogP contribution in [0.4, 0.5) is 10.8 Å². The zero-order valence-electron chi connectivity index (χ0n) is 18.1. The molecule has 0 aliphatic heterocycles. The fourth-order valence-corrected chi connectivity index (χ4v) is 4.50. The molecule has 0 fully saturated rings. The van der Waals surface area contributed by atoms with Crippen LogP contribution in [0.15, 0.2) is 90.3 Å². The Morgan fingerprint density at radius 1 is 0.939 bits per heavy atom. The molecule has 0 atom stereocenters. The summed E-state index contributed by atoms with van der Waals surface area (Å²) in [6, 6.07) is 27.0. The summed E-state index contributed by atoms with van der Waals surface area (Å²) >= 11 is 1.45. The van der Waals surface area contributed by atoms with Crippen molar-refractivity contribution in [3.8, 4) is 5.75 Å². The normalized spacial score (nSPS) is 10.9. The van der Waals surface area contributed by atoms with Gasteiger partial charge in [0.15, 0.2) is 5.13 Å². The van der Waals surface area contributed by atoms with E-state index in [9.17, 15) is 4.79 Å². The molecule has 1 amide bonds. The first kappa shape index (κ1) is 20.9. The molecular formula is C26H22N4O2S. The maximum atomic E-state index is 13.7. The summed E-state index contributed by atoms with van der Waals surface area (Å²) in [5.74, 6) is 1.35. The van der Waals surface area contributed by atoms with Crippen molar-refractivity contribution in [2.75, 3.05) is 4.90 Å². The van der Waals surface area contributed by atoms with Gasteiger partial charge in [-0.15, -0.1) is 11.3 Å². The first-order chi connectivity index (χ1) is 16.2. The Labute approximate surface area is 195 Å². The second-order valence-corrected chi connectivity index (χ2v) is 8.38. The summed E-state index contributed by atoms with van der Waals surface area (Å²) in [4.78, 5) is 24.7. The Morgan fingerprint density at radius 3 is 2.36 bits per heavy atom. The Bertz CT molecular complexity index is 1380. The number of anilines is 2. The van der Waals surface area contributed by atoms with Crippen LogP contribution >= 0.6 is 11.3 Å². The molecule has 5 aromatic rings. The minimum atomic E-state index is -0.0975. The molecule has 0 bridgehead atoms. The predicted molar refractivity (Wildman–Crippen MR) is 131 cm³/mol. The number of imidazole rings is 1. The molecule has 0 saturated heterocycles.